The topological polar surface area (TPSA) is 56.7 Å². The molecule has 0 aliphatic heterocycles. The Morgan fingerprint density at radius 3 is 2.52 bits per heavy atom. The molecular weight excluding hydrogens is 260 g/mol. The van der Waals surface area contributed by atoms with E-state index < -0.39 is 0 Å². The van der Waals surface area contributed by atoms with Gasteiger partial charge in [-0.2, -0.15) is 5.10 Å². The zero-order valence-electron chi connectivity index (χ0n) is 11.6. The highest BCUT2D eigenvalue weighted by Crippen LogP contribution is 2.24. The second-order valence-corrected chi connectivity index (χ2v) is 4.59. The number of rotatable bonds is 4. The monoisotopic (exact) mass is 276 g/mol. The fraction of sp³-hybridized carbons (Fsp3) is 0.0588. The molecule has 0 saturated heterocycles. The van der Waals surface area contributed by atoms with E-state index in [4.69, 9.17) is 10.8 Å². The lowest BCUT2D eigenvalue weighted by Crippen LogP contribution is -1.93. The van der Waals surface area contributed by atoms with Crippen molar-refractivity contribution < 1.29 is 0 Å². The van der Waals surface area contributed by atoms with Crippen molar-refractivity contribution in [3.63, 3.8) is 0 Å². The van der Waals surface area contributed by atoms with Crippen LogP contribution in [0.25, 0.3) is 23.0 Å². The first kappa shape index (κ1) is 13.3. The number of pyridine rings is 1. The molecule has 4 nitrogen and oxygen atoms in total. The third kappa shape index (κ3) is 2.90. The Morgan fingerprint density at radius 1 is 1.05 bits per heavy atom. The Labute approximate surface area is 123 Å². The summed E-state index contributed by atoms with van der Waals surface area (Å²) < 4.78 is 1.88. The molecule has 4 heteroatoms. The molecule has 0 radical (unpaired) electrons. The summed E-state index contributed by atoms with van der Waals surface area (Å²) >= 11 is 0. The third-order valence-corrected chi connectivity index (χ3v) is 3.15. The first-order valence-electron chi connectivity index (χ1n) is 6.80. The highest BCUT2D eigenvalue weighted by atomic mass is 15.3. The van der Waals surface area contributed by atoms with Crippen molar-refractivity contribution >= 4 is 6.08 Å². The molecule has 104 valence electrons. The van der Waals surface area contributed by atoms with Gasteiger partial charge in [0, 0.05) is 36.3 Å². The molecule has 0 amide bonds. The third-order valence-electron chi connectivity index (χ3n) is 3.15. The fourth-order valence-corrected chi connectivity index (χ4v) is 2.15. The molecule has 2 N–H and O–H groups in total. The zero-order chi connectivity index (χ0) is 14.5. The zero-order valence-corrected chi connectivity index (χ0v) is 11.6. The smallest absolute Gasteiger partial charge is 0.100 e. The van der Waals surface area contributed by atoms with E-state index in [1.165, 1.54) is 0 Å². The predicted octanol–water partition coefficient (Wildman–Crippen LogP) is 2.91. The van der Waals surface area contributed by atoms with E-state index in [1.54, 1.807) is 12.4 Å². The molecule has 21 heavy (non-hydrogen) atoms. The van der Waals surface area contributed by atoms with E-state index >= 15 is 0 Å². The van der Waals surface area contributed by atoms with Gasteiger partial charge in [-0.1, -0.05) is 30.4 Å². The Morgan fingerprint density at radius 2 is 1.81 bits per heavy atom. The molecule has 0 unspecified atom stereocenters. The van der Waals surface area contributed by atoms with Crippen molar-refractivity contribution in [1.82, 2.24) is 14.8 Å². The van der Waals surface area contributed by atoms with Crippen LogP contribution in [0, 0.1) is 0 Å². The van der Waals surface area contributed by atoms with Crippen LogP contribution >= 0.6 is 0 Å². The molecule has 0 fully saturated rings. The van der Waals surface area contributed by atoms with Gasteiger partial charge < -0.3 is 5.73 Å². The van der Waals surface area contributed by atoms with Gasteiger partial charge in [0.2, 0.25) is 0 Å². The Balaban J connectivity index is 2.10. The minimum Gasteiger partial charge on any atom is -0.327 e. The quantitative estimate of drug-likeness (QED) is 0.797. The predicted molar refractivity (Wildman–Crippen MR) is 84.9 cm³/mol. The maximum Gasteiger partial charge on any atom is 0.100 e. The Bertz CT molecular complexity index is 730. The van der Waals surface area contributed by atoms with E-state index in [-0.39, 0.29) is 0 Å². The summed E-state index contributed by atoms with van der Waals surface area (Å²) in [5.74, 6) is 0. The minimum atomic E-state index is 0.506. The SMILES string of the molecule is NCC=Cc1cn(-c2ccccc2)nc1-c1ccncc1. The van der Waals surface area contributed by atoms with Gasteiger partial charge in [0.05, 0.1) is 5.69 Å². The normalized spacial score (nSPS) is 11.1. The highest BCUT2D eigenvalue weighted by Gasteiger charge is 2.09. The number of benzene rings is 1. The van der Waals surface area contributed by atoms with Gasteiger partial charge in [-0.25, -0.2) is 4.68 Å². The van der Waals surface area contributed by atoms with Crippen molar-refractivity contribution in [2.75, 3.05) is 6.54 Å². The van der Waals surface area contributed by atoms with E-state index in [0.717, 1.165) is 22.5 Å². The van der Waals surface area contributed by atoms with Gasteiger partial charge in [-0.15, -0.1) is 0 Å². The molecule has 0 atom stereocenters. The van der Waals surface area contributed by atoms with Gasteiger partial charge in [-0.3, -0.25) is 4.98 Å². The van der Waals surface area contributed by atoms with Crippen LogP contribution in [0.1, 0.15) is 5.56 Å². The van der Waals surface area contributed by atoms with Crippen LogP contribution in [0.2, 0.25) is 0 Å². The molecule has 2 aromatic heterocycles. The first-order valence-corrected chi connectivity index (χ1v) is 6.80. The summed E-state index contributed by atoms with van der Waals surface area (Å²) in [5.41, 5.74) is 9.58. The van der Waals surface area contributed by atoms with Crippen LogP contribution in [-0.2, 0) is 0 Å². The lowest BCUT2D eigenvalue weighted by molar-refractivity contribution is 0.884. The van der Waals surface area contributed by atoms with Crippen LogP contribution in [-0.4, -0.2) is 21.3 Å². The Kier molecular flexibility index (Phi) is 3.89. The molecule has 0 saturated carbocycles. The molecule has 0 spiro atoms. The van der Waals surface area contributed by atoms with Crippen molar-refractivity contribution in [3.05, 3.63) is 72.7 Å². The van der Waals surface area contributed by atoms with Crippen LogP contribution < -0.4 is 5.73 Å². The number of nitrogens with two attached hydrogens (primary N) is 1. The molecule has 2 heterocycles. The summed E-state index contributed by atoms with van der Waals surface area (Å²) in [5, 5.41) is 4.70. The first-order chi connectivity index (χ1) is 10.4. The Hall–Kier alpha value is -2.72. The largest absolute Gasteiger partial charge is 0.327 e. The van der Waals surface area contributed by atoms with E-state index in [2.05, 4.69) is 4.98 Å². The number of para-hydroxylation sites is 1. The molecule has 0 bridgehead atoms. The maximum atomic E-state index is 5.56. The highest BCUT2D eigenvalue weighted by molar-refractivity contribution is 5.71. The van der Waals surface area contributed by atoms with Gasteiger partial charge in [0.25, 0.3) is 0 Å². The molecule has 0 aliphatic carbocycles. The van der Waals surface area contributed by atoms with Crippen molar-refractivity contribution in [2.24, 2.45) is 5.73 Å². The number of aromatic nitrogens is 3. The summed E-state index contributed by atoms with van der Waals surface area (Å²) in [7, 11) is 0. The summed E-state index contributed by atoms with van der Waals surface area (Å²) in [4.78, 5) is 4.06. The van der Waals surface area contributed by atoms with Crippen LogP contribution in [0.4, 0.5) is 0 Å². The van der Waals surface area contributed by atoms with Gasteiger partial charge in [-0.05, 0) is 24.3 Å². The average molecular weight is 276 g/mol. The second-order valence-electron chi connectivity index (χ2n) is 4.59. The van der Waals surface area contributed by atoms with Crippen molar-refractivity contribution in [1.29, 1.82) is 0 Å². The molecule has 3 rings (SSSR count). The number of nitrogens with zero attached hydrogens (tertiary/aromatic N) is 3. The lowest BCUT2D eigenvalue weighted by atomic mass is 10.1. The van der Waals surface area contributed by atoms with Crippen LogP contribution in [0.5, 0.6) is 0 Å². The second kappa shape index (κ2) is 6.15. The fourth-order valence-electron chi connectivity index (χ4n) is 2.15. The van der Waals surface area contributed by atoms with Gasteiger partial charge in [0.15, 0.2) is 0 Å². The van der Waals surface area contributed by atoms with E-state index in [9.17, 15) is 0 Å². The minimum absolute atomic E-state index is 0.506. The maximum absolute atomic E-state index is 5.56. The van der Waals surface area contributed by atoms with E-state index in [1.807, 2.05) is 65.5 Å². The van der Waals surface area contributed by atoms with Gasteiger partial charge >= 0.3 is 0 Å². The van der Waals surface area contributed by atoms with Crippen LogP contribution in [0.15, 0.2) is 67.1 Å². The van der Waals surface area contributed by atoms with Crippen molar-refractivity contribution in [2.45, 2.75) is 0 Å². The summed E-state index contributed by atoms with van der Waals surface area (Å²) in [6, 6.07) is 14.0. The molecule has 1 aromatic carbocycles. The summed E-state index contributed by atoms with van der Waals surface area (Å²) in [6.45, 7) is 0.506. The molecule has 3 aromatic rings. The average Bonchev–Trinajstić information content (AvgIpc) is 2.99. The van der Waals surface area contributed by atoms with Gasteiger partial charge in [0.1, 0.15) is 5.69 Å². The molecule has 0 aliphatic rings. The number of hydrogen-bond acceptors (Lipinski definition) is 3. The molecular formula is C17H16N4. The van der Waals surface area contributed by atoms with Crippen molar-refractivity contribution in [3.8, 4) is 16.9 Å². The van der Waals surface area contributed by atoms with Crippen LogP contribution in [0.3, 0.4) is 0 Å². The number of hydrogen-bond donors (Lipinski definition) is 1. The lowest BCUT2D eigenvalue weighted by Gasteiger charge is -2.00. The van der Waals surface area contributed by atoms with E-state index in [0.29, 0.717) is 6.54 Å². The standard InChI is InChI=1S/C17H16N4/c18-10-4-5-15-13-21(16-6-2-1-3-7-16)20-17(15)14-8-11-19-12-9-14/h1-9,11-13H,10,18H2. The summed E-state index contributed by atoms with van der Waals surface area (Å²) in [6.07, 6.45) is 9.48.